The van der Waals surface area contributed by atoms with Gasteiger partial charge in [0.2, 0.25) is 11.8 Å². The summed E-state index contributed by atoms with van der Waals surface area (Å²) >= 11 is 0. The maximum absolute atomic E-state index is 12.0. The molecular weight excluding hydrogens is 433 g/mol. The molecule has 1 aliphatic carbocycles. The van der Waals surface area contributed by atoms with Gasteiger partial charge >= 0.3 is 0 Å². The number of hydrogen-bond donors (Lipinski definition) is 3. The zero-order chi connectivity index (χ0) is 17.5. The van der Waals surface area contributed by atoms with Crippen LogP contribution in [0.5, 0.6) is 0 Å². The second-order valence-electron chi connectivity index (χ2n) is 7.01. The van der Waals surface area contributed by atoms with Crippen molar-refractivity contribution in [1.29, 1.82) is 0 Å². The van der Waals surface area contributed by atoms with Crippen molar-refractivity contribution in [3.05, 3.63) is 0 Å². The van der Waals surface area contributed by atoms with Crippen LogP contribution in [0.25, 0.3) is 0 Å². The molecule has 1 heterocycles. The molecule has 2 aliphatic rings. The monoisotopic (exact) mass is 465 g/mol. The second-order valence-corrected chi connectivity index (χ2v) is 7.01. The van der Waals surface area contributed by atoms with E-state index in [1.807, 2.05) is 18.7 Å². The molecule has 0 aromatic rings. The van der Waals surface area contributed by atoms with Gasteiger partial charge in [0.1, 0.15) is 0 Å². The van der Waals surface area contributed by atoms with Crippen molar-refractivity contribution in [2.45, 2.75) is 58.0 Å². The summed E-state index contributed by atoms with van der Waals surface area (Å²) in [6.07, 6.45) is 4.50. The topological polar surface area (TPSA) is 85.8 Å². The standard InChI is InChI=1S/C17H31N5O2.HI/c1-12(2)16(24)22-10-8-14(11-22)21-17(18-3)19-9-4-5-15(23)20-13-6-7-13;/h12-14H,4-11H2,1-3H3,(H,20,23)(H2,18,19,21);1H. The zero-order valence-corrected chi connectivity index (χ0v) is 17.8. The predicted octanol–water partition coefficient (Wildman–Crippen LogP) is 1.09. The number of nitrogens with one attached hydrogen (secondary N) is 3. The SMILES string of the molecule is CN=C(NCCCC(=O)NC1CC1)NC1CCN(C(=O)C(C)C)C1.I. The third kappa shape index (κ3) is 7.79. The van der Waals surface area contributed by atoms with Crippen molar-refractivity contribution in [1.82, 2.24) is 20.9 Å². The van der Waals surface area contributed by atoms with E-state index >= 15 is 0 Å². The van der Waals surface area contributed by atoms with Crippen LogP contribution in [0, 0.1) is 5.92 Å². The Morgan fingerprint density at radius 1 is 1.16 bits per heavy atom. The molecular formula is C17H32IN5O2. The van der Waals surface area contributed by atoms with Crippen LogP contribution in [0.2, 0.25) is 0 Å². The minimum atomic E-state index is 0. The summed E-state index contributed by atoms with van der Waals surface area (Å²) in [6, 6.07) is 0.663. The highest BCUT2D eigenvalue weighted by Crippen LogP contribution is 2.18. The lowest BCUT2D eigenvalue weighted by Gasteiger charge is -2.20. The number of aliphatic imine (C=N–C) groups is 1. The molecule has 1 aliphatic heterocycles. The molecule has 0 radical (unpaired) electrons. The van der Waals surface area contributed by atoms with E-state index in [9.17, 15) is 9.59 Å². The Hall–Kier alpha value is -1.06. The van der Waals surface area contributed by atoms with Crippen molar-refractivity contribution in [2.24, 2.45) is 10.9 Å². The van der Waals surface area contributed by atoms with Gasteiger partial charge in [0, 0.05) is 51.1 Å². The summed E-state index contributed by atoms with van der Waals surface area (Å²) in [5.74, 6) is 1.13. The van der Waals surface area contributed by atoms with Gasteiger partial charge in [-0.25, -0.2) is 0 Å². The molecule has 1 unspecified atom stereocenters. The van der Waals surface area contributed by atoms with Crippen LogP contribution in [-0.2, 0) is 9.59 Å². The highest BCUT2D eigenvalue weighted by molar-refractivity contribution is 14.0. The molecule has 0 aromatic carbocycles. The quantitative estimate of drug-likeness (QED) is 0.228. The lowest BCUT2D eigenvalue weighted by atomic mass is 10.2. The molecule has 1 saturated heterocycles. The summed E-state index contributed by atoms with van der Waals surface area (Å²) < 4.78 is 0. The summed E-state index contributed by atoms with van der Waals surface area (Å²) in [7, 11) is 1.74. The third-order valence-corrected chi connectivity index (χ3v) is 4.37. The largest absolute Gasteiger partial charge is 0.356 e. The fourth-order valence-electron chi connectivity index (χ4n) is 2.81. The molecule has 2 amide bonds. The van der Waals surface area contributed by atoms with Gasteiger partial charge in [0.05, 0.1) is 0 Å². The molecule has 7 nitrogen and oxygen atoms in total. The Kier molecular flexibility index (Phi) is 9.52. The van der Waals surface area contributed by atoms with Gasteiger partial charge in [-0.05, 0) is 25.7 Å². The fourth-order valence-corrected chi connectivity index (χ4v) is 2.81. The molecule has 1 saturated carbocycles. The average molecular weight is 465 g/mol. The zero-order valence-electron chi connectivity index (χ0n) is 15.5. The van der Waals surface area contributed by atoms with E-state index in [2.05, 4.69) is 20.9 Å². The molecule has 2 rings (SSSR count). The van der Waals surface area contributed by atoms with Gasteiger partial charge < -0.3 is 20.9 Å². The van der Waals surface area contributed by atoms with Crippen LogP contribution in [0.1, 0.15) is 46.0 Å². The fraction of sp³-hybridized carbons (Fsp3) is 0.824. The Balaban J connectivity index is 0.00000312. The molecule has 3 N–H and O–H groups in total. The van der Waals surface area contributed by atoms with Gasteiger partial charge in [-0.1, -0.05) is 13.8 Å². The van der Waals surface area contributed by atoms with Crippen LogP contribution in [0.4, 0.5) is 0 Å². The Bertz CT molecular complexity index is 480. The van der Waals surface area contributed by atoms with E-state index in [1.54, 1.807) is 7.05 Å². The number of carbonyl (C=O) groups is 2. The minimum absolute atomic E-state index is 0. The van der Waals surface area contributed by atoms with Gasteiger partial charge in [-0.2, -0.15) is 0 Å². The van der Waals surface area contributed by atoms with Crippen LogP contribution in [0.15, 0.2) is 4.99 Å². The van der Waals surface area contributed by atoms with Crippen LogP contribution in [-0.4, -0.2) is 61.4 Å². The number of amides is 2. The number of hydrogen-bond acceptors (Lipinski definition) is 3. The highest BCUT2D eigenvalue weighted by Gasteiger charge is 2.28. The second kappa shape index (κ2) is 10.8. The number of nitrogens with zero attached hydrogens (tertiary/aromatic N) is 2. The lowest BCUT2D eigenvalue weighted by molar-refractivity contribution is -0.133. The summed E-state index contributed by atoms with van der Waals surface area (Å²) in [5, 5.41) is 9.60. The molecule has 144 valence electrons. The predicted molar refractivity (Wildman–Crippen MR) is 110 cm³/mol. The molecule has 0 spiro atoms. The van der Waals surface area contributed by atoms with Gasteiger partial charge in [0.15, 0.2) is 5.96 Å². The minimum Gasteiger partial charge on any atom is -0.356 e. The number of rotatable bonds is 7. The molecule has 1 atom stereocenters. The Labute approximate surface area is 167 Å². The smallest absolute Gasteiger partial charge is 0.225 e. The first-order chi connectivity index (χ1) is 11.5. The number of carbonyl (C=O) groups excluding carboxylic acids is 2. The first-order valence-electron chi connectivity index (χ1n) is 9.05. The van der Waals surface area contributed by atoms with Crippen LogP contribution >= 0.6 is 24.0 Å². The van der Waals surface area contributed by atoms with Crippen LogP contribution < -0.4 is 16.0 Å². The first-order valence-corrected chi connectivity index (χ1v) is 9.05. The van der Waals surface area contributed by atoms with E-state index < -0.39 is 0 Å². The normalized spacial score (nSPS) is 20.2. The Morgan fingerprint density at radius 3 is 2.48 bits per heavy atom. The third-order valence-electron chi connectivity index (χ3n) is 4.37. The first kappa shape index (κ1) is 22.0. The van der Waals surface area contributed by atoms with Gasteiger partial charge in [0.25, 0.3) is 0 Å². The van der Waals surface area contributed by atoms with Crippen molar-refractivity contribution in [2.75, 3.05) is 26.7 Å². The number of halogens is 1. The summed E-state index contributed by atoms with van der Waals surface area (Å²) in [6.45, 7) is 6.10. The average Bonchev–Trinajstić information content (AvgIpc) is 3.24. The van der Waals surface area contributed by atoms with Crippen molar-refractivity contribution in [3.63, 3.8) is 0 Å². The van der Waals surface area contributed by atoms with E-state index in [0.717, 1.165) is 44.7 Å². The maximum Gasteiger partial charge on any atom is 0.225 e. The number of likely N-dealkylation sites (tertiary alicyclic amines) is 1. The molecule has 25 heavy (non-hydrogen) atoms. The molecule has 0 bridgehead atoms. The highest BCUT2D eigenvalue weighted by atomic mass is 127. The van der Waals surface area contributed by atoms with Crippen LogP contribution in [0.3, 0.4) is 0 Å². The number of guanidine groups is 1. The molecule has 2 fully saturated rings. The van der Waals surface area contributed by atoms with Crippen molar-refractivity contribution >= 4 is 41.8 Å². The summed E-state index contributed by atoms with van der Waals surface area (Å²) in [4.78, 5) is 29.8. The molecule has 8 heteroatoms. The van der Waals surface area contributed by atoms with E-state index in [-0.39, 0.29) is 47.8 Å². The van der Waals surface area contributed by atoms with E-state index in [1.165, 1.54) is 0 Å². The Morgan fingerprint density at radius 2 is 1.88 bits per heavy atom. The maximum atomic E-state index is 12.0. The van der Waals surface area contributed by atoms with Crippen molar-refractivity contribution in [3.8, 4) is 0 Å². The summed E-state index contributed by atoms with van der Waals surface area (Å²) in [5.41, 5.74) is 0. The van der Waals surface area contributed by atoms with E-state index in [4.69, 9.17) is 0 Å². The lowest BCUT2D eigenvalue weighted by Crippen LogP contribution is -2.45. The van der Waals surface area contributed by atoms with Crippen molar-refractivity contribution < 1.29 is 9.59 Å². The van der Waals surface area contributed by atoms with Gasteiger partial charge in [-0.3, -0.25) is 14.6 Å². The van der Waals surface area contributed by atoms with E-state index in [0.29, 0.717) is 19.0 Å². The molecule has 0 aromatic heterocycles. The van der Waals surface area contributed by atoms with Gasteiger partial charge in [-0.15, -0.1) is 24.0 Å².